The summed E-state index contributed by atoms with van der Waals surface area (Å²) in [5.74, 6) is 0.682. The Hall–Kier alpha value is -3.32. The number of ether oxygens (including phenoxy) is 1. The zero-order valence-corrected chi connectivity index (χ0v) is 18.0. The minimum absolute atomic E-state index is 0.0281. The van der Waals surface area contributed by atoms with E-state index in [1.165, 1.54) is 0 Å². The number of aromatic nitrogens is 3. The van der Waals surface area contributed by atoms with E-state index in [1.54, 1.807) is 12.1 Å². The molecule has 7 nitrogen and oxygen atoms in total. The van der Waals surface area contributed by atoms with Crippen molar-refractivity contribution in [3.05, 3.63) is 53.7 Å². The van der Waals surface area contributed by atoms with Gasteiger partial charge in [-0.05, 0) is 62.7 Å². The number of fused-ring (bicyclic) bond motifs is 1. The van der Waals surface area contributed by atoms with Crippen molar-refractivity contribution in [3.8, 4) is 28.6 Å². The number of carboxylic acid groups (broad SMARTS) is 1. The maximum atomic E-state index is 10.7. The average molecular weight is 440 g/mol. The molecule has 0 radical (unpaired) electrons. The van der Waals surface area contributed by atoms with Gasteiger partial charge in [-0.1, -0.05) is 16.8 Å². The van der Waals surface area contributed by atoms with Crippen LogP contribution in [-0.2, 0) is 11.3 Å². The van der Waals surface area contributed by atoms with Crippen LogP contribution in [0.1, 0.15) is 26.7 Å². The Morgan fingerprint density at radius 1 is 1.19 bits per heavy atom. The van der Waals surface area contributed by atoms with E-state index in [-0.39, 0.29) is 12.5 Å². The van der Waals surface area contributed by atoms with E-state index in [9.17, 15) is 4.79 Å². The SMILES string of the molecule is CC(C)Oc1ccc(-c2nc(-c3ccc4c(ccn4CCCC(=O)O)c3)no2)cc1Cl. The average Bonchev–Trinajstić information content (AvgIpc) is 3.36. The van der Waals surface area contributed by atoms with Crippen LogP contribution >= 0.6 is 11.6 Å². The van der Waals surface area contributed by atoms with Crippen molar-refractivity contribution >= 4 is 28.5 Å². The van der Waals surface area contributed by atoms with Crippen molar-refractivity contribution in [2.45, 2.75) is 39.3 Å². The number of benzene rings is 2. The zero-order chi connectivity index (χ0) is 22.0. The van der Waals surface area contributed by atoms with Gasteiger partial charge in [-0.15, -0.1) is 0 Å². The summed E-state index contributed by atoms with van der Waals surface area (Å²) >= 11 is 6.32. The van der Waals surface area contributed by atoms with E-state index in [2.05, 4.69) is 10.1 Å². The van der Waals surface area contributed by atoms with Crippen molar-refractivity contribution in [1.82, 2.24) is 14.7 Å². The molecule has 0 spiro atoms. The van der Waals surface area contributed by atoms with Crippen LogP contribution in [0, 0.1) is 0 Å². The zero-order valence-electron chi connectivity index (χ0n) is 17.2. The molecule has 2 aromatic heterocycles. The summed E-state index contributed by atoms with van der Waals surface area (Å²) < 4.78 is 13.2. The highest BCUT2D eigenvalue weighted by Crippen LogP contribution is 2.32. The Morgan fingerprint density at radius 3 is 2.74 bits per heavy atom. The highest BCUT2D eigenvalue weighted by molar-refractivity contribution is 6.32. The van der Waals surface area contributed by atoms with E-state index in [0.717, 1.165) is 16.5 Å². The van der Waals surface area contributed by atoms with E-state index in [0.29, 0.717) is 41.0 Å². The minimum Gasteiger partial charge on any atom is -0.489 e. The Morgan fingerprint density at radius 2 is 2.00 bits per heavy atom. The molecule has 0 aliphatic rings. The van der Waals surface area contributed by atoms with Crippen molar-refractivity contribution in [3.63, 3.8) is 0 Å². The predicted molar refractivity (Wildman–Crippen MR) is 118 cm³/mol. The lowest BCUT2D eigenvalue weighted by Crippen LogP contribution is -2.05. The fraction of sp³-hybridized carbons (Fsp3) is 0.261. The molecule has 0 unspecified atom stereocenters. The van der Waals surface area contributed by atoms with Gasteiger partial charge in [0.05, 0.1) is 11.1 Å². The molecule has 0 aliphatic carbocycles. The number of nitrogens with zero attached hydrogens (tertiary/aromatic N) is 3. The lowest BCUT2D eigenvalue weighted by molar-refractivity contribution is -0.137. The van der Waals surface area contributed by atoms with Crippen molar-refractivity contribution in [1.29, 1.82) is 0 Å². The summed E-state index contributed by atoms with van der Waals surface area (Å²) in [6.45, 7) is 4.53. The Bertz CT molecular complexity index is 1230. The summed E-state index contributed by atoms with van der Waals surface area (Å²) in [5.41, 5.74) is 2.58. The van der Waals surface area contributed by atoms with E-state index in [4.69, 9.17) is 26.0 Å². The van der Waals surface area contributed by atoms with E-state index in [1.807, 2.05) is 54.9 Å². The van der Waals surface area contributed by atoms with Crippen LogP contribution in [-0.4, -0.2) is 31.9 Å². The van der Waals surface area contributed by atoms with Gasteiger partial charge in [0.2, 0.25) is 5.82 Å². The molecule has 0 bridgehead atoms. The van der Waals surface area contributed by atoms with Crippen LogP contribution in [0.4, 0.5) is 0 Å². The number of aliphatic carboxylic acids is 1. The van der Waals surface area contributed by atoms with Crippen molar-refractivity contribution < 1.29 is 19.2 Å². The van der Waals surface area contributed by atoms with Gasteiger partial charge in [0.1, 0.15) is 5.75 Å². The highest BCUT2D eigenvalue weighted by Gasteiger charge is 2.14. The van der Waals surface area contributed by atoms with Gasteiger partial charge in [0.25, 0.3) is 5.89 Å². The van der Waals surface area contributed by atoms with Gasteiger partial charge in [-0.25, -0.2) is 0 Å². The number of hydrogen-bond donors (Lipinski definition) is 1. The van der Waals surface area contributed by atoms with Gasteiger partial charge in [-0.2, -0.15) is 4.98 Å². The maximum Gasteiger partial charge on any atom is 0.303 e. The molecule has 2 aromatic carbocycles. The molecule has 0 amide bonds. The van der Waals surface area contributed by atoms with Crippen molar-refractivity contribution in [2.24, 2.45) is 0 Å². The first-order valence-electron chi connectivity index (χ1n) is 10.0. The first-order valence-corrected chi connectivity index (χ1v) is 10.4. The first kappa shape index (κ1) is 20.9. The molecule has 1 N–H and O–H groups in total. The maximum absolute atomic E-state index is 10.7. The van der Waals surface area contributed by atoms with Gasteiger partial charge < -0.3 is 18.9 Å². The lowest BCUT2D eigenvalue weighted by Gasteiger charge is -2.11. The van der Waals surface area contributed by atoms with Gasteiger partial charge in [0.15, 0.2) is 0 Å². The Kier molecular flexibility index (Phi) is 5.95. The summed E-state index contributed by atoms with van der Waals surface area (Å²) in [7, 11) is 0. The number of hydrogen-bond acceptors (Lipinski definition) is 5. The number of rotatable bonds is 8. The van der Waals surface area contributed by atoms with Crippen LogP contribution in [0.25, 0.3) is 33.7 Å². The Labute approximate surface area is 184 Å². The monoisotopic (exact) mass is 439 g/mol. The summed E-state index contributed by atoms with van der Waals surface area (Å²) in [6.07, 6.45) is 2.72. The van der Waals surface area contributed by atoms with Gasteiger partial charge in [0, 0.05) is 41.2 Å². The molecular weight excluding hydrogens is 418 g/mol. The molecule has 4 aromatic rings. The van der Waals surface area contributed by atoms with Crippen LogP contribution < -0.4 is 4.74 Å². The molecule has 4 rings (SSSR count). The molecule has 31 heavy (non-hydrogen) atoms. The fourth-order valence-corrected chi connectivity index (χ4v) is 3.60. The normalized spacial score (nSPS) is 11.4. The van der Waals surface area contributed by atoms with E-state index < -0.39 is 5.97 Å². The second-order valence-corrected chi connectivity index (χ2v) is 7.92. The largest absolute Gasteiger partial charge is 0.489 e. The predicted octanol–water partition coefficient (Wildman–Crippen LogP) is 5.66. The van der Waals surface area contributed by atoms with Crippen LogP contribution in [0.5, 0.6) is 5.75 Å². The molecule has 160 valence electrons. The molecule has 0 atom stereocenters. The van der Waals surface area contributed by atoms with Gasteiger partial charge in [-0.3, -0.25) is 4.79 Å². The fourth-order valence-electron chi connectivity index (χ4n) is 3.38. The number of halogens is 1. The standard InChI is InChI=1S/C23H22ClN3O4/c1-14(2)30-20-8-6-17(13-18(20)24)23-25-22(26-31-23)16-5-7-19-15(12-16)9-11-27(19)10-3-4-21(28)29/h5-9,11-14H,3-4,10H2,1-2H3,(H,28,29). The molecule has 0 fully saturated rings. The number of carboxylic acids is 1. The van der Waals surface area contributed by atoms with E-state index >= 15 is 0 Å². The molecule has 2 heterocycles. The van der Waals surface area contributed by atoms with Crippen molar-refractivity contribution in [2.75, 3.05) is 0 Å². The number of carbonyl (C=O) groups is 1. The smallest absolute Gasteiger partial charge is 0.303 e. The lowest BCUT2D eigenvalue weighted by atomic mass is 10.1. The third kappa shape index (κ3) is 4.72. The van der Waals surface area contributed by atoms with Gasteiger partial charge >= 0.3 is 5.97 Å². The number of aryl methyl sites for hydroxylation is 1. The second kappa shape index (κ2) is 8.81. The molecule has 0 saturated heterocycles. The molecule has 8 heteroatoms. The first-order chi connectivity index (χ1) is 14.9. The summed E-state index contributed by atoms with van der Waals surface area (Å²) in [4.78, 5) is 15.2. The van der Waals surface area contributed by atoms with Crippen LogP contribution in [0.3, 0.4) is 0 Å². The summed E-state index contributed by atoms with van der Waals surface area (Å²) in [6, 6.07) is 13.3. The highest BCUT2D eigenvalue weighted by atomic mass is 35.5. The summed E-state index contributed by atoms with van der Waals surface area (Å²) in [5, 5.41) is 14.4. The Balaban J connectivity index is 1.55. The molecule has 0 aliphatic heterocycles. The quantitative estimate of drug-likeness (QED) is 0.380. The van der Waals surface area contributed by atoms with Crippen LogP contribution in [0.2, 0.25) is 5.02 Å². The molecule has 0 saturated carbocycles. The second-order valence-electron chi connectivity index (χ2n) is 7.51. The van der Waals surface area contributed by atoms with Crippen LogP contribution in [0.15, 0.2) is 53.2 Å². The minimum atomic E-state index is -0.782. The third-order valence-electron chi connectivity index (χ3n) is 4.79. The third-order valence-corrected chi connectivity index (χ3v) is 5.08. The topological polar surface area (TPSA) is 90.4 Å². The molecular formula is C23H22ClN3O4.